The average molecular weight is 290 g/mol. The van der Waals surface area contributed by atoms with Crippen LogP contribution in [0.2, 0.25) is 0 Å². The first-order valence-electron chi connectivity index (χ1n) is 6.65. The summed E-state index contributed by atoms with van der Waals surface area (Å²) in [5, 5.41) is 12.0. The Morgan fingerprint density at radius 1 is 1.52 bits per heavy atom. The van der Waals surface area contributed by atoms with Crippen LogP contribution in [-0.2, 0) is 4.79 Å². The van der Waals surface area contributed by atoms with Gasteiger partial charge in [-0.1, -0.05) is 19.9 Å². The number of carbonyl (C=O) groups is 1. The van der Waals surface area contributed by atoms with E-state index in [1.165, 1.54) is 18.5 Å². The number of aliphatic hydroxyl groups excluding tert-OH is 1. The number of aliphatic hydroxyl groups is 1. The maximum Gasteiger partial charge on any atom is 0.248 e. The molecular weight excluding hydrogens is 272 g/mol. The highest BCUT2D eigenvalue weighted by molar-refractivity contribution is 6.06. The number of hydrogen-bond donors (Lipinski definition) is 3. The smallest absolute Gasteiger partial charge is 0.248 e. The molecule has 7 heteroatoms. The summed E-state index contributed by atoms with van der Waals surface area (Å²) in [5.74, 6) is 0.444. The molecule has 3 N–H and O–H groups in total. The molecule has 0 radical (unpaired) electrons. The van der Waals surface area contributed by atoms with E-state index in [1.54, 1.807) is 6.20 Å². The third-order valence-corrected chi connectivity index (χ3v) is 2.62. The summed E-state index contributed by atoms with van der Waals surface area (Å²) >= 11 is 0. The fourth-order valence-corrected chi connectivity index (χ4v) is 1.72. The zero-order chi connectivity index (χ0) is 15.2. The van der Waals surface area contributed by atoms with E-state index in [1.807, 2.05) is 13.8 Å². The summed E-state index contributed by atoms with van der Waals surface area (Å²) in [6.45, 7) is 4.41. The van der Waals surface area contributed by atoms with Gasteiger partial charge in [-0.15, -0.1) is 0 Å². The van der Waals surface area contributed by atoms with Crippen molar-refractivity contribution < 1.29 is 14.6 Å². The fraction of sp³-hybridized carbons (Fsp3) is 0.357. The van der Waals surface area contributed by atoms with Gasteiger partial charge in [-0.05, 0) is 5.92 Å². The molecule has 0 spiro atoms. The van der Waals surface area contributed by atoms with Crippen molar-refractivity contribution in [2.24, 2.45) is 5.92 Å². The lowest BCUT2D eigenvalue weighted by molar-refractivity contribution is -0.111. The Hall–Kier alpha value is -2.41. The van der Waals surface area contributed by atoms with Crippen LogP contribution in [0.25, 0.3) is 11.0 Å². The molecule has 0 aromatic carbocycles. The van der Waals surface area contributed by atoms with Crippen molar-refractivity contribution >= 4 is 22.6 Å². The molecule has 7 nitrogen and oxygen atoms in total. The van der Waals surface area contributed by atoms with Gasteiger partial charge in [0.2, 0.25) is 11.8 Å². The Balaban J connectivity index is 2.27. The van der Waals surface area contributed by atoms with Gasteiger partial charge in [0.05, 0.1) is 18.9 Å². The SMILES string of the molecule is CC(C)COc1ncnc2[nH]cc(NC(=O)/C=C/CO)c12. The maximum atomic E-state index is 11.7. The largest absolute Gasteiger partial charge is 0.477 e. The minimum Gasteiger partial charge on any atom is -0.477 e. The normalized spacial score (nSPS) is 11.4. The van der Waals surface area contributed by atoms with Crippen molar-refractivity contribution in [3.8, 4) is 5.88 Å². The van der Waals surface area contributed by atoms with Crippen LogP contribution in [0, 0.1) is 5.92 Å². The Bertz CT molecular complexity index is 649. The molecule has 0 unspecified atom stereocenters. The van der Waals surface area contributed by atoms with Crippen LogP contribution in [0.5, 0.6) is 5.88 Å². The van der Waals surface area contributed by atoms with E-state index in [0.29, 0.717) is 35.1 Å². The molecule has 0 fully saturated rings. The molecule has 0 aliphatic heterocycles. The molecule has 0 bridgehead atoms. The first kappa shape index (κ1) is 15.0. The topological polar surface area (TPSA) is 100 Å². The van der Waals surface area contributed by atoms with Crippen molar-refractivity contribution in [1.29, 1.82) is 0 Å². The van der Waals surface area contributed by atoms with Crippen molar-refractivity contribution in [3.63, 3.8) is 0 Å². The zero-order valence-electron chi connectivity index (χ0n) is 12.0. The lowest BCUT2D eigenvalue weighted by Crippen LogP contribution is -2.09. The van der Waals surface area contributed by atoms with Crippen LogP contribution in [0.3, 0.4) is 0 Å². The molecule has 0 saturated heterocycles. The van der Waals surface area contributed by atoms with E-state index in [9.17, 15) is 4.79 Å². The number of hydrogen-bond acceptors (Lipinski definition) is 5. The van der Waals surface area contributed by atoms with Gasteiger partial charge in [-0.25, -0.2) is 9.97 Å². The molecule has 0 atom stereocenters. The van der Waals surface area contributed by atoms with Crippen molar-refractivity contribution in [1.82, 2.24) is 15.0 Å². The number of nitrogens with one attached hydrogen (secondary N) is 2. The Kier molecular flexibility index (Phi) is 4.89. The van der Waals surface area contributed by atoms with E-state index < -0.39 is 0 Å². The quantitative estimate of drug-likeness (QED) is 0.700. The van der Waals surface area contributed by atoms with Gasteiger partial charge in [0.25, 0.3) is 0 Å². The summed E-state index contributed by atoms with van der Waals surface area (Å²) in [7, 11) is 0. The summed E-state index contributed by atoms with van der Waals surface area (Å²) in [6.07, 6.45) is 5.66. The molecule has 2 rings (SSSR count). The van der Waals surface area contributed by atoms with Crippen molar-refractivity contribution in [2.75, 3.05) is 18.5 Å². The van der Waals surface area contributed by atoms with Crippen LogP contribution in [0.4, 0.5) is 5.69 Å². The predicted molar refractivity (Wildman–Crippen MR) is 79.1 cm³/mol. The molecule has 0 aliphatic carbocycles. The highest BCUT2D eigenvalue weighted by atomic mass is 16.5. The summed E-state index contributed by atoms with van der Waals surface area (Å²) < 4.78 is 5.66. The van der Waals surface area contributed by atoms with Gasteiger partial charge in [0.1, 0.15) is 17.4 Å². The fourth-order valence-electron chi connectivity index (χ4n) is 1.72. The van der Waals surface area contributed by atoms with E-state index >= 15 is 0 Å². The third-order valence-electron chi connectivity index (χ3n) is 2.62. The van der Waals surface area contributed by atoms with Gasteiger partial charge in [-0.3, -0.25) is 4.79 Å². The minimum atomic E-state index is -0.344. The summed E-state index contributed by atoms with van der Waals surface area (Å²) in [4.78, 5) is 22.9. The van der Waals surface area contributed by atoms with Crippen LogP contribution >= 0.6 is 0 Å². The standard InChI is InChI=1S/C14H18N4O3/c1-9(2)7-21-14-12-10(18-11(20)4-3-5-19)6-15-13(12)16-8-17-14/h3-4,6,8-9,19H,5,7H2,1-2H3,(H,18,20)(H,15,16,17)/b4-3+. The monoisotopic (exact) mass is 290 g/mol. The number of amides is 1. The van der Waals surface area contributed by atoms with Gasteiger partial charge in [0, 0.05) is 12.3 Å². The van der Waals surface area contributed by atoms with Crippen molar-refractivity contribution in [2.45, 2.75) is 13.8 Å². The molecule has 0 aliphatic rings. The second kappa shape index (κ2) is 6.85. The van der Waals surface area contributed by atoms with Crippen LogP contribution in [-0.4, -0.2) is 39.2 Å². The average Bonchev–Trinajstić information content (AvgIpc) is 2.86. The van der Waals surface area contributed by atoms with E-state index in [4.69, 9.17) is 9.84 Å². The summed E-state index contributed by atoms with van der Waals surface area (Å²) in [5.41, 5.74) is 1.13. The highest BCUT2D eigenvalue weighted by Gasteiger charge is 2.14. The van der Waals surface area contributed by atoms with Crippen LogP contribution < -0.4 is 10.1 Å². The zero-order valence-corrected chi connectivity index (χ0v) is 12.0. The third kappa shape index (κ3) is 3.79. The lowest BCUT2D eigenvalue weighted by Gasteiger charge is -2.09. The Morgan fingerprint density at radius 2 is 2.33 bits per heavy atom. The molecule has 2 aromatic heterocycles. The number of rotatable bonds is 6. The molecule has 1 amide bonds. The number of ether oxygens (including phenoxy) is 1. The lowest BCUT2D eigenvalue weighted by atomic mass is 10.2. The number of aromatic amines is 1. The van der Waals surface area contributed by atoms with Crippen LogP contribution in [0.1, 0.15) is 13.8 Å². The second-order valence-corrected chi connectivity index (χ2v) is 4.88. The first-order valence-corrected chi connectivity index (χ1v) is 6.65. The Morgan fingerprint density at radius 3 is 3.05 bits per heavy atom. The molecule has 0 saturated carbocycles. The predicted octanol–water partition coefficient (Wildman–Crippen LogP) is 1.48. The molecule has 112 valence electrons. The number of H-pyrrole nitrogens is 1. The molecular formula is C14H18N4O3. The number of aromatic nitrogens is 3. The highest BCUT2D eigenvalue weighted by Crippen LogP contribution is 2.29. The summed E-state index contributed by atoms with van der Waals surface area (Å²) in [6, 6.07) is 0. The van der Waals surface area contributed by atoms with E-state index in [0.717, 1.165) is 0 Å². The van der Waals surface area contributed by atoms with Crippen molar-refractivity contribution in [3.05, 3.63) is 24.7 Å². The van der Waals surface area contributed by atoms with E-state index in [2.05, 4.69) is 20.3 Å². The number of anilines is 1. The van der Waals surface area contributed by atoms with Gasteiger partial charge in [0.15, 0.2) is 0 Å². The van der Waals surface area contributed by atoms with Gasteiger partial charge < -0.3 is 20.1 Å². The molecule has 21 heavy (non-hydrogen) atoms. The minimum absolute atomic E-state index is 0.187. The number of fused-ring (bicyclic) bond motifs is 1. The molecule has 2 aromatic rings. The Labute approximate surface area is 122 Å². The van der Waals surface area contributed by atoms with Gasteiger partial charge >= 0.3 is 0 Å². The number of carbonyl (C=O) groups excluding carboxylic acids is 1. The second-order valence-electron chi connectivity index (χ2n) is 4.88. The number of nitrogens with zero attached hydrogens (tertiary/aromatic N) is 2. The van der Waals surface area contributed by atoms with E-state index in [-0.39, 0.29) is 12.5 Å². The first-order chi connectivity index (χ1) is 10.1. The molecule has 2 heterocycles. The maximum absolute atomic E-state index is 11.7. The van der Waals surface area contributed by atoms with Gasteiger partial charge in [-0.2, -0.15) is 0 Å². The van der Waals surface area contributed by atoms with Crippen LogP contribution in [0.15, 0.2) is 24.7 Å².